The standard InChI is InChI=1S/C17H27F3N6O/c1-21-15(22-9-12-10-26(4)24-13(12)17(18,19)20)23-11-16(7-5-6-8-16)14(27)25(2)3/h10H,5-9,11H2,1-4H3,(H2,21,22,23). The zero-order valence-electron chi connectivity index (χ0n) is 16.2. The maximum absolute atomic E-state index is 13.0. The second-order valence-corrected chi connectivity index (χ2v) is 7.14. The third-order valence-corrected chi connectivity index (χ3v) is 4.86. The lowest BCUT2D eigenvalue weighted by Gasteiger charge is -2.31. The van der Waals surface area contributed by atoms with Gasteiger partial charge < -0.3 is 15.5 Å². The summed E-state index contributed by atoms with van der Waals surface area (Å²) in [6.45, 7) is 0.319. The number of halogens is 3. The number of alkyl halides is 3. The Hall–Kier alpha value is -2.26. The van der Waals surface area contributed by atoms with Gasteiger partial charge in [-0.2, -0.15) is 18.3 Å². The number of rotatable bonds is 5. The van der Waals surface area contributed by atoms with Crippen LogP contribution in [0, 0.1) is 5.41 Å². The van der Waals surface area contributed by atoms with Crippen molar-refractivity contribution >= 4 is 11.9 Å². The molecular formula is C17H27F3N6O. The Morgan fingerprint density at radius 2 is 1.96 bits per heavy atom. The largest absolute Gasteiger partial charge is 0.435 e. The first-order valence-corrected chi connectivity index (χ1v) is 8.85. The molecule has 2 N–H and O–H groups in total. The molecule has 0 aromatic carbocycles. The molecule has 0 aliphatic heterocycles. The van der Waals surface area contributed by atoms with Crippen LogP contribution in [0.5, 0.6) is 0 Å². The van der Waals surface area contributed by atoms with Gasteiger partial charge in [0, 0.05) is 53.0 Å². The molecule has 1 amide bonds. The highest BCUT2D eigenvalue weighted by Crippen LogP contribution is 2.39. The van der Waals surface area contributed by atoms with Crippen LogP contribution in [-0.2, 0) is 24.6 Å². The van der Waals surface area contributed by atoms with Crippen LogP contribution in [0.15, 0.2) is 11.2 Å². The molecule has 2 rings (SSSR count). The lowest BCUT2D eigenvalue weighted by Crippen LogP contribution is -2.49. The molecule has 10 heteroatoms. The molecule has 1 aliphatic carbocycles. The Morgan fingerprint density at radius 1 is 1.33 bits per heavy atom. The zero-order chi connectivity index (χ0) is 20.2. The summed E-state index contributed by atoms with van der Waals surface area (Å²) in [6, 6.07) is 0. The summed E-state index contributed by atoms with van der Waals surface area (Å²) in [7, 11) is 6.45. The number of aryl methyl sites for hydroxylation is 1. The molecule has 1 heterocycles. The topological polar surface area (TPSA) is 74.5 Å². The summed E-state index contributed by atoms with van der Waals surface area (Å²) in [4.78, 5) is 18.2. The highest BCUT2D eigenvalue weighted by Gasteiger charge is 2.42. The van der Waals surface area contributed by atoms with Gasteiger partial charge in [0.2, 0.25) is 5.91 Å². The van der Waals surface area contributed by atoms with E-state index in [1.165, 1.54) is 13.2 Å². The monoisotopic (exact) mass is 388 g/mol. The molecule has 0 spiro atoms. The van der Waals surface area contributed by atoms with Gasteiger partial charge in [-0.1, -0.05) is 12.8 Å². The van der Waals surface area contributed by atoms with Crippen molar-refractivity contribution in [2.75, 3.05) is 27.7 Å². The van der Waals surface area contributed by atoms with Gasteiger partial charge in [-0.25, -0.2) is 0 Å². The minimum atomic E-state index is -4.51. The van der Waals surface area contributed by atoms with Crippen LogP contribution in [0.25, 0.3) is 0 Å². The molecule has 1 saturated carbocycles. The number of carbonyl (C=O) groups is 1. The Morgan fingerprint density at radius 3 is 2.48 bits per heavy atom. The van der Waals surface area contributed by atoms with Crippen LogP contribution in [0.4, 0.5) is 13.2 Å². The maximum Gasteiger partial charge on any atom is 0.435 e. The minimum absolute atomic E-state index is 0.0351. The summed E-state index contributed by atoms with van der Waals surface area (Å²) in [5.74, 6) is 0.416. The number of guanidine groups is 1. The van der Waals surface area contributed by atoms with Crippen molar-refractivity contribution in [3.63, 3.8) is 0 Å². The van der Waals surface area contributed by atoms with Gasteiger partial charge >= 0.3 is 6.18 Å². The molecule has 7 nitrogen and oxygen atoms in total. The fourth-order valence-electron chi connectivity index (χ4n) is 3.55. The van der Waals surface area contributed by atoms with E-state index in [0.29, 0.717) is 12.5 Å². The van der Waals surface area contributed by atoms with E-state index in [1.807, 2.05) is 0 Å². The van der Waals surface area contributed by atoms with E-state index in [9.17, 15) is 18.0 Å². The first kappa shape index (κ1) is 21.0. The van der Waals surface area contributed by atoms with Crippen molar-refractivity contribution in [2.24, 2.45) is 17.5 Å². The van der Waals surface area contributed by atoms with E-state index in [0.717, 1.165) is 30.4 Å². The summed E-state index contributed by atoms with van der Waals surface area (Å²) in [5.41, 5.74) is -1.37. The molecule has 152 valence electrons. The third-order valence-electron chi connectivity index (χ3n) is 4.86. The number of aliphatic imine (C=N–C) groups is 1. The highest BCUT2D eigenvalue weighted by atomic mass is 19.4. The number of hydrogen-bond acceptors (Lipinski definition) is 3. The Balaban J connectivity index is 2.02. The summed E-state index contributed by atoms with van der Waals surface area (Å²) in [5, 5.41) is 9.48. The second-order valence-electron chi connectivity index (χ2n) is 7.14. The SMILES string of the molecule is CN=C(NCc1cn(C)nc1C(F)(F)F)NCC1(C(=O)N(C)C)CCCC1. The maximum atomic E-state index is 13.0. The zero-order valence-corrected chi connectivity index (χ0v) is 16.2. The van der Waals surface area contributed by atoms with E-state index in [2.05, 4.69) is 20.7 Å². The first-order valence-electron chi connectivity index (χ1n) is 8.85. The quantitative estimate of drug-likeness (QED) is 0.595. The predicted octanol–water partition coefficient (Wildman–Crippen LogP) is 1.75. The van der Waals surface area contributed by atoms with Crippen LogP contribution >= 0.6 is 0 Å². The average molecular weight is 388 g/mol. The number of nitrogens with one attached hydrogen (secondary N) is 2. The third kappa shape index (κ3) is 4.92. The van der Waals surface area contributed by atoms with Crippen molar-refractivity contribution in [1.29, 1.82) is 0 Å². The van der Waals surface area contributed by atoms with Crippen molar-refractivity contribution in [3.05, 3.63) is 17.5 Å². The van der Waals surface area contributed by atoms with Crippen molar-refractivity contribution in [1.82, 2.24) is 25.3 Å². The molecule has 0 saturated heterocycles. The molecule has 1 aromatic rings. The van der Waals surface area contributed by atoms with Crippen LogP contribution < -0.4 is 10.6 Å². The van der Waals surface area contributed by atoms with Crippen molar-refractivity contribution in [2.45, 2.75) is 38.4 Å². The van der Waals surface area contributed by atoms with Gasteiger partial charge in [0.15, 0.2) is 11.7 Å². The first-order chi connectivity index (χ1) is 12.6. The fraction of sp³-hybridized carbons (Fsp3) is 0.706. The van der Waals surface area contributed by atoms with Crippen LogP contribution in [0.1, 0.15) is 36.9 Å². The molecule has 1 aromatic heterocycles. The number of hydrogen-bond donors (Lipinski definition) is 2. The van der Waals surface area contributed by atoms with E-state index >= 15 is 0 Å². The van der Waals surface area contributed by atoms with E-state index in [1.54, 1.807) is 26.0 Å². The normalized spacial score (nSPS) is 17.1. The molecule has 0 atom stereocenters. The van der Waals surface area contributed by atoms with Gasteiger partial charge in [0.1, 0.15) is 0 Å². The smallest absolute Gasteiger partial charge is 0.355 e. The molecule has 27 heavy (non-hydrogen) atoms. The van der Waals surface area contributed by atoms with Gasteiger partial charge in [0.05, 0.1) is 5.41 Å². The highest BCUT2D eigenvalue weighted by molar-refractivity contribution is 5.85. The van der Waals surface area contributed by atoms with Gasteiger partial charge in [0.25, 0.3) is 0 Å². The number of nitrogens with zero attached hydrogens (tertiary/aromatic N) is 4. The van der Waals surface area contributed by atoms with Crippen molar-refractivity contribution < 1.29 is 18.0 Å². The van der Waals surface area contributed by atoms with Crippen molar-refractivity contribution in [3.8, 4) is 0 Å². The van der Waals surface area contributed by atoms with Gasteiger partial charge in [-0.05, 0) is 12.8 Å². The summed E-state index contributed by atoms with van der Waals surface area (Å²) < 4.78 is 40.3. The van der Waals surface area contributed by atoms with E-state index < -0.39 is 17.3 Å². The van der Waals surface area contributed by atoms with Crippen LogP contribution in [-0.4, -0.2) is 54.2 Å². The molecule has 0 bridgehead atoms. The van der Waals surface area contributed by atoms with Gasteiger partial charge in [-0.15, -0.1) is 0 Å². The molecule has 1 aliphatic rings. The van der Waals surface area contributed by atoms with E-state index in [-0.39, 0.29) is 18.0 Å². The Bertz CT molecular complexity index is 689. The summed E-state index contributed by atoms with van der Waals surface area (Å²) >= 11 is 0. The second kappa shape index (κ2) is 8.18. The van der Waals surface area contributed by atoms with E-state index in [4.69, 9.17) is 0 Å². The molecule has 1 fully saturated rings. The molecule has 0 unspecified atom stereocenters. The van der Waals surface area contributed by atoms with Crippen LogP contribution in [0.2, 0.25) is 0 Å². The predicted molar refractivity (Wildman–Crippen MR) is 96.0 cm³/mol. The molecule has 0 radical (unpaired) electrons. The minimum Gasteiger partial charge on any atom is -0.355 e. The molecular weight excluding hydrogens is 361 g/mol. The summed E-state index contributed by atoms with van der Waals surface area (Å²) in [6.07, 6.45) is 0.359. The number of aromatic nitrogens is 2. The lowest BCUT2D eigenvalue weighted by atomic mass is 9.84. The Labute approximate surface area is 157 Å². The average Bonchev–Trinajstić information content (AvgIpc) is 3.21. The fourth-order valence-corrected chi connectivity index (χ4v) is 3.55. The number of carbonyl (C=O) groups excluding carboxylic acids is 1. The van der Waals surface area contributed by atoms with Gasteiger partial charge in [-0.3, -0.25) is 14.5 Å². The number of amides is 1. The lowest BCUT2D eigenvalue weighted by molar-refractivity contribution is -0.142. The van der Waals surface area contributed by atoms with Crippen LogP contribution in [0.3, 0.4) is 0 Å². The Kier molecular flexibility index (Phi) is 6.38.